The van der Waals surface area contributed by atoms with Crippen molar-refractivity contribution in [2.75, 3.05) is 0 Å². The summed E-state index contributed by atoms with van der Waals surface area (Å²) in [5, 5.41) is 0. The van der Waals surface area contributed by atoms with Crippen molar-refractivity contribution in [2.24, 2.45) is 23.2 Å². The Morgan fingerprint density at radius 1 is 0.963 bits per heavy atom. The SMILES string of the molecule is CC(C1=CC[C@H](C(CC2=CCCC=C2)C2=CCCCC=C2)CC1)C(C)(C)C. The first-order chi connectivity index (χ1) is 12.9. The van der Waals surface area contributed by atoms with Crippen LogP contribution in [0, 0.1) is 23.2 Å². The van der Waals surface area contributed by atoms with Crippen molar-refractivity contribution in [3.05, 3.63) is 59.3 Å². The van der Waals surface area contributed by atoms with Gasteiger partial charge in [0.1, 0.15) is 0 Å². The van der Waals surface area contributed by atoms with Gasteiger partial charge in [-0.1, -0.05) is 81.4 Å². The second-order valence-corrected chi connectivity index (χ2v) is 10.0. The van der Waals surface area contributed by atoms with Gasteiger partial charge in [-0.2, -0.15) is 0 Å². The van der Waals surface area contributed by atoms with E-state index in [0.29, 0.717) is 17.3 Å². The summed E-state index contributed by atoms with van der Waals surface area (Å²) in [5.41, 5.74) is 5.28. The molecule has 3 aliphatic carbocycles. The minimum atomic E-state index is 0.377. The Morgan fingerprint density at radius 3 is 2.44 bits per heavy atom. The van der Waals surface area contributed by atoms with Crippen molar-refractivity contribution in [1.29, 1.82) is 0 Å². The highest BCUT2D eigenvalue weighted by molar-refractivity contribution is 5.31. The lowest BCUT2D eigenvalue weighted by atomic mass is 9.69. The van der Waals surface area contributed by atoms with Gasteiger partial charge < -0.3 is 0 Å². The van der Waals surface area contributed by atoms with Gasteiger partial charge in [-0.05, 0) is 86.5 Å². The molecule has 0 aromatic heterocycles. The molecule has 27 heavy (non-hydrogen) atoms. The van der Waals surface area contributed by atoms with Crippen LogP contribution in [0.2, 0.25) is 0 Å². The van der Waals surface area contributed by atoms with Crippen molar-refractivity contribution >= 4 is 0 Å². The quantitative estimate of drug-likeness (QED) is 0.430. The molecule has 0 radical (unpaired) electrons. The predicted octanol–water partition coefficient (Wildman–Crippen LogP) is 8.34. The second kappa shape index (κ2) is 9.26. The maximum Gasteiger partial charge on any atom is -0.00935 e. The van der Waals surface area contributed by atoms with Gasteiger partial charge >= 0.3 is 0 Å². The van der Waals surface area contributed by atoms with Crippen LogP contribution in [-0.2, 0) is 0 Å². The fourth-order valence-corrected chi connectivity index (χ4v) is 4.89. The Hall–Kier alpha value is -1.30. The maximum absolute atomic E-state index is 2.61. The molecule has 0 saturated carbocycles. The van der Waals surface area contributed by atoms with Crippen LogP contribution >= 0.6 is 0 Å². The molecule has 0 heteroatoms. The first-order valence-electron chi connectivity index (χ1n) is 11.4. The Bertz CT molecular complexity index is 644. The van der Waals surface area contributed by atoms with Crippen LogP contribution in [0.3, 0.4) is 0 Å². The molecule has 0 bridgehead atoms. The van der Waals surface area contributed by atoms with E-state index in [-0.39, 0.29) is 0 Å². The van der Waals surface area contributed by atoms with Crippen molar-refractivity contribution in [2.45, 2.75) is 85.5 Å². The predicted molar refractivity (Wildman–Crippen MR) is 120 cm³/mol. The number of hydrogen-bond donors (Lipinski definition) is 0. The van der Waals surface area contributed by atoms with Crippen molar-refractivity contribution in [1.82, 2.24) is 0 Å². The van der Waals surface area contributed by atoms with Crippen LogP contribution < -0.4 is 0 Å². The van der Waals surface area contributed by atoms with Gasteiger partial charge in [-0.3, -0.25) is 0 Å². The minimum Gasteiger partial charge on any atom is -0.0847 e. The van der Waals surface area contributed by atoms with Crippen molar-refractivity contribution in [3.8, 4) is 0 Å². The molecule has 0 heterocycles. The summed E-state index contributed by atoms with van der Waals surface area (Å²) in [6, 6.07) is 0. The van der Waals surface area contributed by atoms with Gasteiger partial charge in [0.25, 0.3) is 0 Å². The van der Waals surface area contributed by atoms with Gasteiger partial charge in [-0.25, -0.2) is 0 Å². The lowest BCUT2D eigenvalue weighted by Gasteiger charge is -2.36. The zero-order valence-corrected chi connectivity index (χ0v) is 18.1. The Kier molecular flexibility index (Phi) is 7.01. The highest BCUT2D eigenvalue weighted by Crippen LogP contribution is 2.43. The Morgan fingerprint density at radius 2 is 1.78 bits per heavy atom. The third-order valence-corrected chi connectivity index (χ3v) is 7.13. The van der Waals surface area contributed by atoms with Gasteiger partial charge in [0.2, 0.25) is 0 Å². The fraction of sp³-hybridized carbons (Fsp3) is 0.630. The first-order valence-corrected chi connectivity index (χ1v) is 11.4. The van der Waals surface area contributed by atoms with Crippen LogP contribution in [0.5, 0.6) is 0 Å². The summed E-state index contributed by atoms with van der Waals surface area (Å²) in [6.07, 6.45) is 28.7. The molecule has 0 aromatic carbocycles. The van der Waals surface area contributed by atoms with E-state index in [2.05, 4.69) is 70.2 Å². The lowest BCUT2D eigenvalue weighted by molar-refractivity contribution is 0.273. The summed E-state index contributed by atoms with van der Waals surface area (Å²) < 4.78 is 0. The third-order valence-electron chi connectivity index (χ3n) is 7.13. The zero-order valence-electron chi connectivity index (χ0n) is 18.1. The highest BCUT2D eigenvalue weighted by atomic mass is 14.4. The summed E-state index contributed by atoms with van der Waals surface area (Å²) in [4.78, 5) is 0. The molecule has 0 aliphatic heterocycles. The van der Waals surface area contributed by atoms with Crippen LogP contribution in [0.25, 0.3) is 0 Å². The van der Waals surface area contributed by atoms with E-state index in [4.69, 9.17) is 0 Å². The molecule has 0 nitrogen and oxygen atoms in total. The summed E-state index contributed by atoms with van der Waals surface area (Å²) in [7, 11) is 0. The number of hydrogen-bond acceptors (Lipinski definition) is 0. The molecule has 3 atom stereocenters. The first kappa shape index (κ1) is 20.4. The molecule has 0 aromatic rings. The van der Waals surface area contributed by atoms with Crippen LogP contribution in [0.1, 0.15) is 85.5 Å². The molecule has 0 amide bonds. The largest absolute Gasteiger partial charge is 0.0847 e. The van der Waals surface area contributed by atoms with Crippen LogP contribution in [-0.4, -0.2) is 0 Å². The van der Waals surface area contributed by atoms with E-state index < -0.39 is 0 Å². The standard InChI is InChI=1S/C27H40/c1-21(27(2,3)4)23-16-18-25(19-17-23)26(20-22-12-8-7-9-13-22)24-14-10-5-6-11-15-24/h8,10,12-16,21,25-26H,5-7,9,11,17-20H2,1-4H3/t21?,25-,26?/m0/s1. The average molecular weight is 365 g/mol. The zero-order chi connectivity index (χ0) is 19.3. The molecule has 0 spiro atoms. The van der Waals surface area contributed by atoms with Crippen molar-refractivity contribution in [3.63, 3.8) is 0 Å². The maximum atomic E-state index is 2.61. The van der Waals surface area contributed by atoms with E-state index in [0.717, 1.165) is 5.92 Å². The minimum absolute atomic E-state index is 0.377. The third kappa shape index (κ3) is 5.59. The molecule has 2 unspecified atom stereocenters. The fourth-order valence-electron chi connectivity index (χ4n) is 4.89. The molecule has 148 valence electrons. The monoisotopic (exact) mass is 364 g/mol. The van der Waals surface area contributed by atoms with Gasteiger partial charge in [-0.15, -0.1) is 0 Å². The van der Waals surface area contributed by atoms with E-state index in [9.17, 15) is 0 Å². The Balaban J connectivity index is 1.77. The average Bonchev–Trinajstić information content (AvgIpc) is 2.95. The van der Waals surface area contributed by atoms with Gasteiger partial charge in [0.05, 0.1) is 0 Å². The van der Waals surface area contributed by atoms with Gasteiger partial charge in [0, 0.05) is 0 Å². The lowest BCUT2D eigenvalue weighted by Crippen LogP contribution is -2.24. The number of allylic oxidation sites excluding steroid dienone is 10. The Labute approximate surface area is 168 Å². The molecular formula is C27H40. The summed E-state index contributed by atoms with van der Waals surface area (Å²) in [5.74, 6) is 2.18. The molecule has 0 fully saturated rings. The smallest absolute Gasteiger partial charge is 0.00935 e. The number of rotatable bonds is 5. The summed E-state index contributed by atoms with van der Waals surface area (Å²) in [6.45, 7) is 9.58. The highest BCUT2D eigenvalue weighted by Gasteiger charge is 2.30. The molecular weight excluding hydrogens is 324 g/mol. The molecule has 0 N–H and O–H groups in total. The van der Waals surface area contributed by atoms with E-state index >= 15 is 0 Å². The van der Waals surface area contributed by atoms with Crippen LogP contribution in [0.4, 0.5) is 0 Å². The van der Waals surface area contributed by atoms with Gasteiger partial charge in [0.15, 0.2) is 0 Å². The molecule has 3 rings (SSSR count). The normalized spacial score (nSPS) is 25.9. The van der Waals surface area contributed by atoms with E-state index in [1.165, 1.54) is 57.8 Å². The van der Waals surface area contributed by atoms with Crippen LogP contribution in [0.15, 0.2) is 59.3 Å². The van der Waals surface area contributed by atoms with E-state index in [1.807, 2.05) is 0 Å². The summed E-state index contributed by atoms with van der Waals surface area (Å²) >= 11 is 0. The molecule has 3 aliphatic rings. The van der Waals surface area contributed by atoms with E-state index in [1.54, 1.807) is 16.7 Å². The topological polar surface area (TPSA) is 0 Å². The second-order valence-electron chi connectivity index (χ2n) is 10.0. The van der Waals surface area contributed by atoms with Crippen molar-refractivity contribution < 1.29 is 0 Å². The molecule has 0 saturated heterocycles.